The number of ether oxygens (including phenoxy) is 1. The first-order chi connectivity index (χ1) is 12.3. The molecule has 7 nitrogen and oxygen atoms in total. The number of nitrogens with one attached hydrogen (secondary N) is 1. The fraction of sp³-hybridized carbons (Fsp3) is 0.611. The van der Waals surface area contributed by atoms with Crippen LogP contribution >= 0.6 is 0 Å². The molecule has 8 heteroatoms. The lowest BCUT2D eigenvalue weighted by molar-refractivity contribution is -0.134. The maximum absolute atomic E-state index is 12.6. The van der Waals surface area contributed by atoms with Crippen LogP contribution in [0.3, 0.4) is 0 Å². The van der Waals surface area contributed by atoms with Crippen LogP contribution in [0, 0.1) is 6.92 Å². The molecule has 0 spiro atoms. The summed E-state index contributed by atoms with van der Waals surface area (Å²) in [6, 6.07) is 3.89. The number of rotatable bonds is 7. The van der Waals surface area contributed by atoms with Gasteiger partial charge in [0.05, 0.1) is 17.5 Å². The average molecular weight is 384 g/mol. The molecule has 2 rings (SSSR count). The van der Waals surface area contributed by atoms with Gasteiger partial charge in [0.25, 0.3) is 0 Å². The highest BCUT2D eigenvalue weighted by molar-refractivity contribution is 7.89. The van der Waals surface area contributed by atoms with Crippen LogP contribution in [0.15, 0.2) is 23.1 Å². The Morgan fingerprint density at radius 2 is 1.88 bits per heavy atom. The van der Waals surface area contributed by atoms with E-state index in [1.165, 1.54) is 6.07 Å². The van der Waals surface area contributed by atoms with Crippen LogP contribution in [0.1, 0.15) is 26.3 Å². The van der Waals surface area contributed by atoms with Gasteiger partial charge in [-0.1, -0.05) is 6.92 Å². The number of benzene rings is 1. The molecule has 0 saturated carbocycles. The zero-order valence-corrected chi connectivity index (χ0v) is 16.8. The molecule has 1 saturated heterocycles. The first-order valence-electron chi connectivity index (χ1n) is 9.05. The minimum Gasteiger partial charge on any atom is -0.494 e. The third-order valence-electron chi connectivity index (χ3n) is 4.59. The maximum Gasteiger partial charge on any atom is 0.241 e. The van der Waals surface area contributed by atoms with Crippen molar-refractivity contribution in [1.29, 1.82) is 0 Å². The summed E-state index contributed by atoms with van der Waals surface area (Å²) in [6.45, 7) is 11.7. The fourth-order valence-corrected chi connectivity index (χ4v) is 4.30. The summed E-state index contributed by atoms with van der Waals surface area (Å²) in [5.41, 5.74) is 0.740. The number of carbonyl (C=O) groups excluding carboxylic acids is 1. The Balaban J connectivity index is 2.04. The molecule has 1 aliphatic heterocycles. The normalized spacial score (nSPS) is 17.2. The van der Waals surface area contributed by atoms with Crippen LogP contribution in [0.4, 0.5) is 0 Å². The Hall–Kier alpha value is -1.64. The monoisotopic (exact) mass is 383 g/mol. The number of sulfonamides is 1. The molecule has 1 heterocycles. The van der Waals surface area contributed by atoms with Crippen molar-refractivity contribution < 1.29 is 17.9 Å². The van der Waals surface area contributed by atoms with Crippen molar-refractivity contribution in [3.8, 4) is 5.75 Å². The molecule has 0 unspecified atom stereocenters. The minimum atomic E-state index is -3.78. The Kier molecular flexibility index (Phi) is 7.02. The summed E-state index contributed by atoms with van der Waals surface area (Å²) < 4.78 is 33.2. The molecule has 0 aromatic heterocycles. The number of amides is 1. The van der Waals surface area contributed by atoms with E-state index in [1.54, 1.807) is 30.9 Å². The number of likely N-dealkylation sites (N-methyl/N-ethyl adjacent to an activating group) is 1. The molecule has 0 radical (unpaired) electrons. The summed E-state index contributed by atoms with van der Waals surface area (Å²) in [5.74, 6) is 0.469. The van der Waals surface area contributed by atoms with E-state index in [4.69, 9.17) is 4.74 Å². The van der Waals surface area contributed by atoms with Crippen molar-refractivity contribution >= 4 is 15.9 Å². The van der Waals surface area contributed by atoms with Gasteiger partial charge in [0.15, 0.2) is 0 Å². The third kappa shape index (κ3) is 4.96. The van der Waals surface area contributed by atoms with Gasteiger partial charge in [0.2, 0.25) is 15.9 Å². The largest absolute Gasteiger partial charge is 0.494 e. The number of carbonyl (C=O) groups is 1. The molecule has 1 aromatic rings. The van der Waals surface area contributed by atoms with Crippen molar-refractivity contribution in [3.05, 3.63) is 23.8 Å². The lowest BCUT2D eigenvalue weighted by Gasteiger charge is -2.35. The van der Waals surface area contributed by atoms with Crippen molar-refractivity contribution in [2.75, 3.05) is 39.3 Å². The standard InChI is InChI=1S/C18H29N3O4S/c1-5-20-9-11-21(12-10-20)18(22)15(4)19-26(23,24)16-7-8-17(25-6-2)14(3)13-16/h7-8,13,15,19H,5-6,9-12H2,1-4H3/t15-/m0/s1. The molecule has 0 aliphatic carbocycles. The van der Waals surface area contributed by atoms with Gasteiger partial charge in [0.1, 0.15) is 5.75 Å². The lowest BCUT2D eigenvalue weighted by atomic mass is 10.2. The maximum atomic E-state index is 12.6. The van der Waals surface area contributed by atoms with Gasteiger partial charge in [-0.2, -0.15) is 4.72 Å². The Morgan fingerprint density at radius 1 is 1.23 bits per heavy atom. The zero-order valence-electron chi connectivity index (χ0n) is 16.0. The van der Waals surface area contributed by atoms with Crippen molar-refractivity contribution in [3.63, 3.8) is 0 Å². The summed E-state index contributed by atoms with van der Waals surface area (Å²) in [7, 11) is -3.78. The van der Waals surface area contributed by atoms with Gasteiger partial charge < -0.3 is 14.5 Å². The SMILES string of the molecule is CCOc1ccc(S(=O)(=O)N[C@@H](C)C(=O)N2CCN(CC)CC2)cc1C. The Labute approximate surface area is 156 Å². The van der Waals surface area contributed by atoms with Crippen molar-refractivity contribution in [1.82, 2.24) is 14.5 Å². The topological polar surface area (TPSA) is 78.9 Å². The number of hydrogen-bond donors (Lipinski definition) is 1. The highest BCUT2D eigenvalue weighted by atomic mass is 32.2. The Morgan fingerprint density at radius 3 is 2.42 bits per heavy atom. The van der Waals surface area contributed by atoms with Gasteiger partial charge in [-0.25, -0.2) is 8.42 Å². The van der Waals surface area contributed by atoms with Crippen LogP contribution in [0.25, 0.3) is 0 Å². The van der Waals surface area contributed by atoms with E-state index in [-0.39, 0.29) is 10.8 Å². The highest BCUT2D eigenvalue weighted by Gasteiger charge is 2.28. The highest BCUT2D eigenvalue weighted by Crippen LogP contribution is 2.22. The van der Waals surface area contributed by atoms with E-state index in [2.05, 4.69) is 16.5 Å². The van der Waals surface area contributed by atoms with Crippen LogP contribution < -0.4 is 9.46 Å². The van der Waals surface area contributed by atoms with Crippen LogP contribution in [0.2, 0.25) is 0 Å². The molecule has 1 fully saturated rings. The molecular formula is C18H29N3O4S. The fourth-order valence-electron chi connectivity index (χ4n) is 3.02. The van der Waals surface area contributed by atoms with Gasteiger partial charge in [-0.3, -0.25) is 4.79 Å². The van der Waals surface area contributed by atoms with Crippen LogP contribution in [-0.2, 0) is 14.8 Å². The van der Waals surface area contributed by atoms with E-state index in [0.29, 0.717) is 25.4 Å². The Bertz CT molecular complexity index is 728. The van der Waals surface area contributed by atoms with Gasteiger partial charge >= 0.3 is 0 Å². The molecule has 146 valence electrons. The molecule has 1 N–H and O–H groups in total. The average Bonchev–Trinajstić information content (AvgIpc) is 2.62. The number of hydrogen-bond acceptors (Lipinski definition) is 5. The number of aryl methyl sites for hydroxylation is 1. The van der Waals surface area contributed by atoms with Gasteiger partial charge in [-0.15, -0.1) is 0 Å². The van der Waals surface area contributed by atoms with E-state index in [0.717, 1.165) is 25.2 Å². The second-order valence-corrected chi connectivity index (χ2v) is 8.18. The lowest BCUT2D eigenvalue weighted by Crippen LogP contribution is -2.54. The van der Waals surface area contributed by atoms with Crippen LogP contribution in [0.5, 0.6) is 5.75 Å². The van der Waals surface area contributed by atoms with Crippen molar-refractivity contribution in [2.24, 2.45) is 0 Å². The summed E-state index contributed by atoms with van der Waals surface area (Å²) in [6.07, 6.45) is 0. The predicted molar refractivity (Wildman–Crippen MR) is 101 cm³/mol. The summed E-state index contributed by atoms with van der Waals surface area (Å²) in [5, 5.41) is 0. The smallest absolute Gasteiger partial charge is 0.241 e. The second kappa shape index (κ2) is 8.83. The summed E-state index contributed by atoms with van der Waals surface area (Å²) in [4.78, 5) is 16.7. The van der Waals surface area contributed by atoms with E-state index < -0.39 is 16.1 Å². The first kappa shape index (κ1) is 20.7. The second-order valence-electron chi connectivity index (χ2n) is 6.46. The predicted octanol–water partition coefficient (Wildman–Crippen LogP) is 1.22. The molecule has 1 aromatic carbocycles. The molecule has 1 amide bonds. The van der Waals surface area contributed by atoms with E-state index >= 15 is 0 Å². The summed E-state index contributed by atoms with van der Waals surface area (Å²) >= 11 is 0. The quantitative estimate of drug-likeness (QED) is 0.766. The first-order valence-corrected chi connectivity index (χ1v) is 10.5. The molecule has 0 bridgehead atoms. The zero-order chi connectivity index (χ0) is 19.3. The van der Waals surface area contributed by atoms with Crippen LogP contribution in [-0.4, -0.2) is 69.5 Å². The minimum absolute atomic E-state index is 0.133. The van der Waals surface area contributed by atoms with Gasteiger partial charge in [-0.05, 0) is 51.1 Å². The van der Waals surface area contributed by atoms with E-state index in [9.17, 15) is 13.2 Å². The number of piperazine rings is 1. The third-order valence-corrected chi connectivity index (χ3v) is 6.13. The number of nitrogens with zero attached hydrogens (tertiary/aromatic N) is 2. The van der Waals surface area contributed by atoms with E-state index in [1.807, 2.05) is 6.92 Å². The van der Waals surface area contributed by atoms with Crippen molar-refractivity contribution in [2.45, 2.75) is 38.6 Å². The van der Waals surface area contributed by atoms with Gasteiger partial charge in [0, 0.05) is 26.2 Å². The molecule has 1 aliphatic rings. The molecule has 26 heavy (non-hydrogen) atoms. The molecule has 1 atom stereocenters. The molecular weight excluding hydrogens is 354 g/mol.